The molecule has 1 unspecified atom stereocenters. The van der Waals surface area contributed by atoms with Gasteiger partial charge in [0.1, 0.15) is 10.8 Å². The summed E-state index contributed by atoms with van der Waals surface area (Å²) in [4.78, 5) is 5.77. The third kappa shape index (κ3) is 2.11. The van der Waals surface area contributed by atoms with E-state index >= 15 is 0 Å². The van der Waals surface area contributed by atoms with Crippen LogP contribution in [0.4, 0.5) is 4.39 Å². The van der Waals surface area contributed by atoms with Gasteiger partial charge in [0.25, 0.3) is 0 Å². The van der Waals surface area contributed by atoms with Gasteiger partial charge in [-0.25, -0.2) is 9.37 Å². The predicted octanol–water partition coefficient (Wildman–Crippen LogP) is 4.05. The van der Waals surface area contributed by atoms with Gasteiger partial charge < -0.3 is 5.73 Å². The summed E-state index contributed by atoms with van der Waals surface area (Å²) < 4.78 is 14.0. The standard InChI is InChI=1S/C13H12BrFN2S/c14-8-5-4-7(6-9(8)15)13-17-11-3-1-2-10(16)12(11)18-13/h4-6,10H,1-3,16H2. The van der Waals surface area contributed by atoms with E-state index in [0.717, 1.165) is 35.5 Å². The van der Waals surface area contributed by atoms with Crippen LogP contribution in [-0.2, 0) is 6.42 Å². The van der Waals surface area contributed by atoms with Gasteiger partial charge in [0.15, 0.2) is 0 Å². The summed E-state index contributed by atoms with van der Waals surface area (Å²) in [6.45, 7) is 0. The zero-order valence-corrected chi connectivity index (χ0v) is 12.0. The Balaban J connectivity index is 2.04. The Morgan fingerprint density at radius 2 is 2.28 bits per heavy atom. The van der Waals surface area contributed by atoms with E-state index < -0.39 is 0 Å². The van der Waals surface area contributed by atoms with Crippen molar-refractivity contribution in [3.05, 3.63) is 39.1 Å². The number of hydrogen-bond donors (Lipinski definition) is 1. The molecule has 1 aromatic heterocycles. The molecular weight excluding hydrogens is 315 g/mol. The molecule has 0 radical (unpaired) electrons. The number of aryl methyl sites for hydroxylation is 1. The molecule has 1 aromatic carbocycles. The van der Waals surface area contributed by atoms with E-state index in [2.05, 4.69) is 20.9 Å². The fourth-order valence-electron chi connectivity index (χ4n) is 2.21. The Morgan fingerprint density at radius 1 is 1.44 bits per heavy atom. The molecule has 1 aliphatic carbocycles. The molecule has 0 aliphatic heterocycles. The minimum Gasteiger partial charge on any atom is -0.323 e. The molecule has 2 aromatic rings. The molecular formula is C13H12BrFN2S. The second-order valence-corrected chi connectivity index (χ2v) is 6.34. The molecule has 0 fully saturated rings. The molecule has 5 heteroatoms. The summed E-state index contributed by atoms with van der Waals surface area (Å²) in [5, 5.41) is 0.865. The van der Waals surface area contributed by atoms with E-state index in [1.54, 1.807) is 17.4 Å². The molecule has 18 heavy (non-hydrogen) atoms. The number of aromatic nitrogens is 1. The predicted molar refractivity (Wildman–Crippen MR) is 75.1 cm³/mol. The Morgan fingerprint density at radius 3 is 3.00 bits per heavy atom. The number of halogens is 2. The van der Waals surface area contributed by atoms with Crippen molar-refractivity contribution >= 4 is 27.3 Å². The SMILES string of the molecule is NC1CCCc2nc(-c3ccc(Br)c(F)c3)sc21. The Bertz CT molecular complexity index is 597. The van der Waals surface area contributed by atoms with E-state index in [0.29, 0.717) is 4.47 Å². The summed E-state index contributed by atoms with van der Waals surface area (Å²) in [7, 11) is 0. The van der Waals surface area contributed by atoms with Crippen LogP contribution in [0.3, 0.4) is 0 Å². The van der Waals surface area contributed by atoms with Crippen molar-refractivity contribution in [2.75, 3.05) is 0 Å². The van der Waals surface area contributed by atoms with Gasteiger partial charge in [0.05, 0.1) is 10.2 Å². The van der Waals surface area contributed by atoms with Crippen LogP contribution in [0, 0.1) is 5.82 Å². The first-order chi connectivity index (χ1) is 8.65. The van der Waals surface area contributed by atoms with Gasteiger partial charge in [-0.1, -0.05) is 6.07 Å². The van der Waals surface area contributed by atoms with Crippen LogP contribution < -0.4 is 5.73 Å². The minimum atomic E-state index is -0.259. The average molecular weight is 327 g/mol. The lowest BCUT2D eigenvalue weighted by atomic mass is 9.99. The molecule has 0 saturated heterocycles. The monoisotopic (exact) mass is 326 g/mol. The van der Waals surface area contributed by atoms with E-state index in [4.69, 9.17) is 5.73 Å². The number of fused-ring (bicyclic) bond motifs is 1. The van der Waals surface area contributed by atoms with Crippen LogP contribution in [0.2, 0.25) is 0 Å². The summed E-state index contributed by atoms with van der Waals surface area (Å²) >= 11 is 4.75. The third-order valence-electron chi connectivity index (χ3n) is 3.16. The van der Waals surface area contributed by atoms with Gasteiger partial charge in [-0.05, 0) is 47.3 Å². The van der Waals surface area contributed by atoms with Crippen LogP contribution in [0.15, 0.2) is 22.7 Å². The molecule has 0 bridgehead atoms. The molecule has 94 valence electrons. The van der Waals surface area contributed by atoms with Crippen molar-refractivity contribution in [2.45, 2.75) is 25.3 Å². The number of rotatable bonds is 1. The molecule has 2 N–H and O–H groups in total. The minimum absolute atomic E-state index is 0.0975. The maximum Gasteiger partial charge on any atom is 0.138 e. The van der Waals surface area contributed by atoms with Crippen molar-refractivity contribution in [2.24, 2.45) is 5.73 Å². The molecule has 1 atom stereocenters. The van der Waals surface area contributed by atoms with E-state index in [1.807, 2.05) is 6.07 Å². The highest BCUT2D eigenvalue weighted by atomic mass is 79.9. The smallest absolute Gasteiger partial charge is 0.138 e. The average Bonchev–Trinajstić information content (AvgIpc) is 2.78. The van der Waals surface area contributed by atoms with Crippen LogP contribution in [0.25, 0.3) is 10.6 Å². The number of nitrogens with two attached hydrogens (primary N) is 1. The lowest BCUT2D eigenvalue weighted by Gasteiger charge is -2.15. The molecule has 0 saturated carbocycles. The van der Waals surface area contributed by atoms with Crippen LogP contribution in [-0.4, -0.2) is 4.98 Å². The molecule has 3 rings (SSSR count). The fourth-order valence-corrected chi connectivity index (χ4v) is 3.60. The van der Waals surface area contributed by atoms with Crippen molar-refractivity contribution in [3.63, 3.8) is 0 Å². The topological polar surface area (TPSA) is 38.9 Å². The second-order valence-electron chi connectivity index (χ2n) is 4.46. The van der Waals surface area contributed by atoms with Crippen LogP contribution in [0.1, 0.15) is 29.5 Å². The second kappa shape index (κ2) is 4.72. The summed E-state index contributed by atoms with van der Waals surface area (Å²) in [6, 6.07) is 5.20. The number of benzene rings is 1. The van der Waals surface area contributed by atoms with Gasteiger partial charge in [-0.3, -0.25) is 0 Å². The summed E-state index contributed by atoms with van der Waals surface area (Å²) in [5.74, 6) is -0.259. The van der Waals surface area contributed by atoms with Crippen molar-refractivity contribution in [1.82, 2.24) is 4.98 Å². The number of hydrogen-bond acceptors (Lipinski definition) is 3. The van der Waals surface area contributed by atoms with Gasteiger partial charge in [0, 0.05) is 16.5 Å². The maximum absolute atomic E-state index is 13.5. The largest absolute Gasteiger partial charge is 0.323 e. The lowest BCUT2D eigenvalue weighted by Crippen LogP contribution is -2.15. The zero-order chi connectivity index (χ0) is 12.7. The Hall–Kier alpha value is -0.780. The van der Waals surface area contributed by atoms with Crippen LogP contribution >= 0.6 is 27.3 Å². The van der Waals surface area contributed by atoms with Gasteiger partial charge in [-0.15, -0.1) is 11.3 Å². The van der Waals surface area contributed by atoms with E-state index in [1.165, 1.54) is 10.9 Å². The van der Waals surface area contributed by atoms with Gasteiger partial charge >= 0.3 is 0 Å². The van der Waals surface area contributed by atoms with E-state index in [9.17, 15) is 4.39 Å². The first-order valence-electron chi connectivity index (χ1n) is 5.86. The lowest BCUT2D eigenvalue weighted by molar-refractivity contribution is 0.573. The highest BCUT2D eigenvalue weighted by Crippen LogP contribution is 2.37. The van der Waals surface area contributed by atoms with Gasteiger partial charge in [-0.2, -0.15) is 0 Å². The molecule has 1 heterocycles. The Kier molecular flexibility index (Phi) is 3.21. The van der Waals surface area contributed by atoms with Crippen molar-refractivity contribution < 1.29 is 4.39 Å². The normalized spacial score (nSPS) is 18.7. The Labute approximate surface area is 117 Å². The summed E-state index contributed by atoms with van der Waals surface area (Å²) in [6.07, 6.45) is 3.09. The zero-order valence-electron chi connectivity index (χ0n) is 9.62. The quantitative estimate of drug-likeness (QED) is 0.858. The highest BCUT2D eigenvalue weighted by Gasteiger charge is 2.22. The third-order valence-corrected chi connectivity index (χ3v) is 5.08. The van der Waals surface area contributed by atoms with Crippen molar-refractivity contribution in [3.8, 4) is 10.6 Å². The number of nitrogens with zero attached hydrogens (tertiary/aromatic N) is 1. The molecule has 0 amide bonds. The maximum atomic E-state index is 13.5. The number of thiazole rings is 1. The summed E-state index contributed by atoms with van der Waals surface area (Å²) in [5.41, 5.74) is 8.00. The molecule has 0 spiro atoms. The van der Waals surface area contributed by atoms with Crippen LogP contribution in [0.5, 0.6) is 0 Å². The molecule has 2 nitrogen and oxygen atoms in total. The first-order valence-corrected chi connectivity index (χ1v) is 7.46. The first kappa shape index (κ1) is 12.3. The van der Waals surface area contributed by atoms with Gasteiger partial charge in [0.2, 0.25) is 0 Å². The van der Waals surface area contributed by atoms with E-state index in [-0.39, 0.29) is 11.9 Å². The highest BCUT2D eigenvalue weighted by molar-refractivity contribution is 9.10. The molecule has 1 aliphatic rings. The fraction of sp³-hybridized carbons (Fsp3) is 0.308. The van der Waals surface area contributed by atoms with Crippen molar-refractivity contribution in [1.29, 1.82) is 0 Å².